The van der Waals surface area contributed by atoms with Gasteiger partial charge in [-0.25, -0.2) is 0 Å². The van der Waals surface area contributed by atoms with Gasteiger partial charge in [0, 0.05) is 7.11 Å². The van der Waals surface area contributed by atoms with Gasteiger partial charge in [0.25, 0.3) is 0 Å². The molecule has 0 amide bonds. The second kappa shape index (κ2) is 2.91. The predicted molar refractivity (Wildman–Crippen MR) is 43.0 cm³/mol. The summed E-state index contributed by atoms with van der Waals surface area (Å²) in [5.74, 6) is 0.827. The summed E-state index contributed by atoms with van der Waals surface area (Å²) in [4.78, 5) is 0. The number of hydrogen-bond donors (Lipinski definition) is 0. The molecule has 0 aliphatic heterocycles. The van der Waals surface area contributed by atoms with E-state index in [2.05, 4.69) is 13.8 Å². The summed E-state index contributed by atoms with van der Waals surface area (Å²) in [5.41, 5.74) is 0.324. The van der Waals surface area contributed by atoms with Gasteiger partial charge in [-0.2, -0.15) is 0 Å². The Labute approximate surface area is 63.8 Å². The highest BCUT2D eigenvalue weighted by atomic mass is 16.5. The SMILES string of the molecule is COC1(CCC(C)C)CC1. The second-order valence-corrected chi connectivity index (χ2v) is 3.82. The molecule has 0 spiro atoms. The molecule has 10 heavy (non-hydrogen) atoms. The van der Waals surface area contributed by atoms with Crippen LogP contribution in [0.2, 0.25) is 0 Å². The van der Waals surface area contributed by atoms with Crippen LogP contribution in [0.4, 0.5) is 0 Å². The lowest BCUT2D eigenvalue weighted by Crippen LogP contribution is -2.11. The molecule has 0 radical (unpaired) electrons. The lowest BCUT2D eigenvalue weighted by molar-refractivity contribution is 0.0680. The zero-order chi connectivity index (χ0) is 7.61. The van der Waals surface area contributed by atoms with Crippen molar-refractivity contribution in [3.05, 3.63) is 0 Å². The first-order chi connectivity index (χ1) is 4.68. The van der Waals surface area contributed by atoms with Gasteiger partial charge in [-0.15, -0.1) is 0 Å². The van der Waals surface area contributed by atoms with E-state index in [1.165, 1.54) is 25.7 Å². The molecule has 1 aliphatic carbocycles. The molecule has 0 heterocycles. The molecule has 1 aliphatic rings. The van der Waals surface area contributed by atoms with Gasteiger partial charge in [-0.3, -0.25) is 0 Å². The van der Waals surface area contributed by atoms with Crippen LogP contribution in [-0.2, 0) is 4.74 Å². The third-order valence-electron chi connectivity index (χ3n) is 2.42. The van der Waals surface area contributed by atoms with Crippen molar-refractivity contribution in [3.63, 3.8) is 0 Å². The molecular formula is C9H18O. The Morgan fingerprint density at radius 1 is 1.40 bits per heavy atom. The molecule has 1 nitrogen and oxygen atoms in total. The van der Waals surface area contributed by atoms with Crippen molar-refractivity contribution in [1.29, 1.82) is 0 Å². The Balaban J connectivity index is 2.13. The number of hydrogen-bond acceptors (Lipinski definition) is 1. The van der Waals surface area contributed by atoms with Gasteiger partial charge in [-0.05, 0) is 31.6 Å². The first kappa shape index (κ1) is 8.06. The highest BCUT2D eigenvalue weighted by molar-refractivity contribution is 4.94. The van der Waals surface area contributed by atoms with Crippen molar-refractivity contribution in [1.82, 2.24) is 0 Å². The maximum absolute atomic E-state index is 5.40. The summed E-state index contributed by atoms with van der Waals surface area (Å²) in [6, 6.07) is 0. The normalized spacial score (nSPS) is 21.6. The molecule has 0 atom stereocenters. The standard InChI is InChI=1S/C9H18O/c1-8(2)4-5-9(10-3)6-7-9/h8H,4-7H2,1-3H3. The topological polar surface area (TPSA) is 9.23 Å². The maximum Gasteiger partial charge on any atom is 0.0681 e. The van der Waals surface area contributed by atoms with E-state index in [0.29, 0.717) is 5.60 Å². The minimum absolute atomic E-state index is 0.324. The van der Waals surface area contributed by atoms with Gasteiger partial charge >= 0.3 is 0 Å². The van der Waals surface area contributed by atoms with Crippen molar-refractivity contribution < 1.29 is 4.74 Å². The van der Waals surface area contributed by atoms with Crippen molar-refractivity contribution >= 4 is 0 Å². The molecule has 0 bridgehead atoms. The van der Waals surface area contributed by atoms with E-state index in [9.17, 15) is 0 Å². The van der Waals surface area contributed by atoms with Gasteiger partial charge < -0.3 is 4.74 Å². The fourth-order valence-corrected chi connectivity index (χ4v) is 1.25. The Bertz CT molecular complexity index is 103. The Hall–Kier alpha value is -0.0400. The summed E-state index contributed by atoms with van der Waals surface area (Å²) in [5, 5.41) is 0. The van der Waals surface area contributed by atoms with E-state index in [4.69, 9.17) is 4.74 Å². The summed E-state index contributed by atoms with van der Waals surface area (Å²) in [6.45, 7) is 4.54. The lowest BCUT2D eigenvalue weighted by Gasteiger charge is -2.13. The van der Waals surface area contributed by atoms with Crippen LogP contribution >= 0.6 is 0 Å². The average Bonchev–Trinajstić information content (AvgIpc) is 2.64. The summed E-state index contributed by atoms with van der Waals surface area (Å²) < 4.78 is 5.40. The highest BCUT2D eigenvalue weighted by Gasteiger charge is 2.42. The van der Waals surface area contributed by atoms with E-state index in [-0.39, 0.29) is 0 Å². The minimum atomic E-state index is 0.324. The predicted octanol–water partition coefficient (Wildman–Crippen LogP) is 2.60. The van der Waals surface area contributed by atoms with Crippen LogP contribution in [0.1, 0.15) is 39.5 Å². The molecule has 60 valence electrons. The number of ether oxygens (including phenoxy) is 1. The number of methoxy groups -OCH3 is 1. The van der Waals surface area contributed by atoms with Crippen LogP contribution < -0.4 is 0 Å². The molecule has 0 unspecified atom stereocenters. The third kappa shape index (κ3) is 1.98. The highest BCUT2D eigenvalue weighted by Crippen LogP contribution is 2.43. The largest absolute Gasteiger partial charge is 0.378 e. The van der Waals surface area contributed by atoms with Crippen LogP contribution in [-0.4, -0.2) is 12.7 Å². The van der Waals surface area contributed by atoms with E-state index in [1.807, 2.05) is 7.11 Å². The first-order valence-electron chi connectivity index (χ1n) is 4.24. The molecule has 1 saturated carbocycles. The van der Waals surface area contributed by atoms with E-state index >= 15 is 0 Å². The maximum atomic E-state index is 5.40. The molecule has 0 saturated heterocycles. The van der Waals surface area contributed by atoms with Crippen LogP contribution in [0.5, 0.6) is 0 Å². The third-order valence-corrected chi connectivity index (χ3v) is 2.42. The van der Waals surface area contributed by atoms with E-state index in [1.54, 1.807) is 0 Å². The molecule has 1 rings (SSSR count). The van der Waals surface area contributed by atoms with Crippen molar-refractivity contribution in [2.45, 2.75) is 45.1 Å². The lowest BCUT2D eigenvalue weighted by atomic mass is 10.0. The molecule has 0 aromatic carbocycles. The van der Waals surface area contributed by atoms with E-state index < -0.39 is 0 Å². The summed E-state index contributed by atoms with van der Waals surface area (Å²) in [7, 11) is 1.84. The Morgan fingerprint density at radius 2 is 2.00 bits per heavy atom. The molecule has 1 fully saturated rings. The van der Waals surface area contributed by atoms with Crippen molar-refractivity contribution in [2.24, 2.45) is 5.92 Å². The van der Waals surface area contributed by atoms with E-state index in [0.717, 1.165) is 5.92 Å². The van der Waals surface area contributed by atoms with Crippen LogP contribution in [0.3, 0.4) is 0 Å². The second-order valence-electron chi connectivity index (χ2n) is 3.82. The molecule has 0 aromatic heterocycles. The van der Waals surface area contributed by atoms with Gasteiger partial charge in [0.1, 0.15) is 0 Å². The molecule has 0 N–H and O–H groups in total. The Kier molecular flexibility index (Phi) is 2.35. The van der Waals surface area contributed by atoms with Gasteiger partial charge in [0.05, 0.1) is 5.60 Å². The molecule has 0 aromatic rings. The smallest absolute Gasteiger partial charge is 0.0681 e. The first-order valence-corrected chi connectivity index (χ1v) is 4.24. The van der Waals surface area contributed by atoms with Gasteiger partial charge in [-0.1, -0.05) is 13.8 Å². The summed E-state index contributed by atoms with van der Waals surface area (Å²) >= 11 is 0. The molecular weight excluding hydrogens is 124 g/mol. The Morgan fingerprint density at radius 3 is 2.30 bits per heavy atom. The zero-order valence-corrected chi connectivity index (χ0v) is 7.31. The monoisotopic (exact) mass is 142 g/mol. The zero-order valence-electron chi connectivity index (χ0n) is 7.31. The van der Waals surface area contributed by atoms with Crippen LogP contribution in [0.25, 0.3) is 0 Å². The van der Waals surface area contributed by atoms with Crippen LogP contribution in [0, 0.1) is 5.92 Å². The minimum Gasteiger partial charge on any atom is -0.378 e. The quantitative estimate of drug-likeness (QED) is 0.586. The molecule has 1 heteroatoms. The van der Waals surface area contributed by atoms with Crippen molar-refractivity contribution in [3.8, 4) is 0 Å². The fourth-order valence-electron chi connectivity index (χ4n) is 1.25. The van der Waals surface area contributed by atoms with Gasteiger partial charge in [0.2, 0.25) is 0 Å². The average molecular weight is 142 g/mol. The van der Waals surface area contributed by atoms with Crippen molar-refractivity contribution in [2.75, 3.05) is 7.11 Å². The number of rotatable bonds is 4. The van der Waals surface area contributed by atoms with Crippen LogP contribution in [0.15, 0.2) is 0 Å². The summed E-state index contributed by atoms with van der Waals surface area (Å²) in [6.07, 6.45) is 5.15. The van der Waals surface area contributed by atoms with Gasteiger partial charge in [0.15, 0.2) is 0 Å². The fraction of sp³-hybridized carbons (Fsp3) is 1.00.